The Morgan fingerprint density at radius 3 is 2.55 bits per heavy atom. The Balaban J connectivity index is 2.23. The summed E-state index contributed by atoms with van der Waals surface area (Å²) < 4.78 is 5.43. The van der Waals surface area contributed by atoms with Crippen LogP contribution in [0.5, 0.6) is 0 Å². The van der Waals surface area contributed by atoms with Crippen LogP contribution in [0.1, 0.15) is 40.0 Å². The molecule has 1 fully saturated rings. The first kappa shape index (κ1) is 17.0. The van der Waals surface area contributed by atoms with Crippen molar-refractivity contribution in [2.45, 2.75) is 40.0 Å². The van der Waals surface area contributed by atoms with E-state index in [2.05, 4.69) is 19.2 Å². The molecule has 0 radical (unpaired) electrons. The summed E-state index contributed by atoms with van der Waals surface area (Å²) in [5.74, 6) is -1.05. The molecule has 0 aromatic carbocycles. The number of rotatable bonds is 8. The van der Waals surface area contributed by atoms with E-state index >= 15 is 0 Å². The minimum atomic E-state index is -0.852. The minimum Gasteiger partial charge on any atom is -0.481 e. The lowest BCUT2D eigenvalue weighted by molar-refractivity contribution is -0.146. The van der Waals surface area contributed by atoms with E-state index in [4.69, 9.17) is 9.84 Å². The predicted octanol–water partition coefficient (Wildman–Crippen LogP) is 1.91. The summed E-state index contributed by atoms with van der Waals surface area (Å²) in [5, 5.41) is 12.0. The quantitative estimate of drug-likeness (QED) is 0.668. The summed E-state index contributed by atoms with van der Waals surface area (Å²) in [6, 6.07) is 0. The van der Waals surface area contributed by atoms with Gasteiger partial charge in [-0.1, -0.05) is 20.8 Å². The molecule has 5 nitrogen and oxygen atoms in total. The lowest BCUT2D eigenvalue weighted by Gasteiger charge is -2.15. The molecule has 20 heavy (non-hydrogen) atoms. The van der Waals surface area contributed by atoms with Crippen LogP contribution >= 0.6 is 0 Å². The van der Waals surface area contributed by atoms with Crippen molar-refractivity contribution in [3.63, 3.8) is 0 Å². The fourth-order valence-electron chi connectivity index (χ4n) is 2.69. The van der Waals surface area contributed by atoms with Gasteiger partial charge in [0, 0.05) is 19.8 Å². The fourth-order valence-corrected chi connectivity index (χ4v) is 2.69. The number of carboxylic acids is 1. The summed E-state index contributed by atoms with van der Waals surface area (Å²) in [4.78, 5) is 23.2. The Bertz CT molecular complexity index is 330. The van der Waals surface area contributed by atoms with Gasteiger partial charge in [-0.2, -0.15) is 0 Å². The van der Waals surface area contributed by atoms with E-state index < -0.39 is 11.9 Å². The highest BCUT2D eigenvalue weighted by Gasteiger charge is 2.40. The van der Waals surface area contributed by atoms with Crippen LogP contribution in [0.4, 0.5) is 0 Å². The Kier molecular flexibility index (Phi) is 6.99. The molecule has 1 saturated carbocycles. The topological polar surface area (TPSA) is 75.6 Å². The number of nitrogens with one attached hydrogen (secondary N) is 1. The zero-order valence-electron chi connectivity index (χ0n) is 12.7. The summed E-state index contributed by atoms with van der Waals surface area (Å²) in [6.07, 6.45) is 2.04. The number of hydrogen-bond acceptors (Lipinski definition) is 3. The number of carbonyl (C=O) groups excluding carboxylic acids is 1. The first-order valence-electron chi connectivity index (χ1n) is 7.50. The first-order valence-corrected chi connectivity index (χ1v) is 7.50. The second-order valence-corrected chi connectivity index (χ2v) is 6.24. The molecule has 0 bridgehead atoms. The van der Waals surface area contributed by atoms with Crippen LogP contribution < -0.4 is 5.32 Å². The van der Waals surface area contributed by atoms with Gasteiger partial charge in [-0.3, -0.25) is 9.59 Å². The zero-order valence-corrected chi connectivity index (χ0v) is 12.7. The lowest BCUT2D eigenvalue weighted by Crippen LogP contribution is -2.36. The second kappa shape index (κ2) is 8.25. The lowest BCUT2D eigenvalue weighted by atomic mass is 9.95. The van der Waals surface area contributed by atoms with Crippen LogP contribution in [0.3, 0.4) is 0 Å². The van der Waals surface area contributed by atoms with E-state index in [9.17, 15) is 9.59 Å². The van der Waals surface area contributed by atoms with Crippen LogP contribution in [0.25, 0.3) is 0 Å². The largest absolute Gasteiger partial charge is 0.481 e. The molecule has 2 N–H and O–H groups in total. The molecule has 0 aromatic rings. The van der Waals surface area contributed by atoms with E-state index in [1.54, 1.807) is 0 Å². The van der Waals surface area contributed by atoms with E-state index in [0.29, 0.717) is 37.8 Å². The van der Waals surface area contributed by atoms with Gasteiger partial charge in [0.2, 0.25) is 5.91 Å². The molecular weight excluding hydrogens is 258 g/mol. The summed E-state index contributed by atoms with van der Waals surface area (Å²) >= 11 is 0. The molecule has 0 aliphatic heterocycles. The Labute approximate surface area is 121 Å². The van der Waals surface area contributed by atoms with Crippen molar-refractivity contribution < 1.29 is 19.4 Å². The first-order chi connectivity index (χ1) is 9.41. The Morgan fingerprint density at radius 1 is 1.30 bits per heavy atom. The van der Waals surface area contributed by atoms with E-state index in [1.165, 1.54) is 0 Å². The van der Waals surface area contributed by atoms with Crippen LogP contribution in [0, 0.1) is 23.7 Å². The predicted molar refractivity (Wildman–Crippen MR) is 76.3 cm³/mol. The molecule has 116 valence electrons. The average molecular weight is 285 g/mol. The number of ether oxygens (including phenoxy) is 1. The van der Waals surface area contributed by atoms with Crippen molar-refractivity contribution in [1.29, 1.82) is 0 Å². The van der Waals surface area contributed by atoms with Gasteiger partial charge in [0.1, 0.15) is 0 Å². The van der Waals surface area contributed by atoms with E-state index in [0.717, 1.165) is 13.0 Å². The smallest absolute Gasteiger partial charge is 0.307 e. The van der Waals surface area contributed by atoms with Crippen molar-refractivity contribution in [3.8, 4) is 0 Å². The number of amides is 1. The van der Waals surface area contributed by atoms with Gasteiger partial charge in [-0.05, 0) is 31.1 Å². The highest BCUT2D eigenvalue weighted by molar-refractivity contribution is 5.85. The molecule has 0 spiro atoms. The van der Waals surface area contributed by atoms with Crippen LogP contribution in [0.2, 0.25) is 0 Å². The molecular formula is C15H27NO4. The minimum absolute atomic E-state index is 0.120. The van der Waals surface area contributed by atoms with E-state index in [-0.39, 0.29) is 11.8 Å². The van der Waals surface area contributed by atoms with Crippen molar-refractivity contribution in [1.82, 2.24) is 5.32 Å². The molecule has 5 heteroatoms. The third-order valence-electron chi connectivity index (χ3n) is 3.67. The van der Waals surface area contributed by atoms with Gasteiger partial charge in [0.15, 0.2) is 0 Å². The highest BCUT2D eigenvalue weighted by Crippen LogP contribution is 2.36. The second-order valence-electron chi connectivity index (χ2n) is 6.24. The Hall–Kier alpha value is -1.10. The number of carbonyl (C=O) groups is 2. The maximum atomic E-state index is 12.0. The van der Waals surface area contributed by atoms with Crippen molar-refractivity contribution in [3.05, 3.63) is 0 Å². The van der Waals surface area contributed by atoms with Crippen molar-refractivity contribution in [2.24, 2.45) is 23.7 Å². The van der Waals surface area contributed by atoms with Crippen LogP contribution in [-0.4, -0.2) is 36.7 Å². The monoisotopic (exact) mass is 285 g/mol. The molecule has 1 unspecified atom stereocenters. The van der Waals surface area contributed by atoms with Crippen molar-refractivity contribution >= 4 is 11.9 Å². The average Bonchev–Trinajstić information content (AvgIpc) is 2.75. The highest BCUT2D eigenvalue weighted by atomic mass is 16.5. The maximum Gasteiger partial charge on any atom is 0.307 e. The molecule has 1 rings (SSSR count). The standard InChI is InChI=1S/C15H27NO4/c1-10(2)9-20-6-4-5-16-14(17)12-7-11(3)8-13(12)15(18)19/h10-13H,4-9H2,1-3H3,(H,16,17)(H,18,19)/t11?,12-,13+/m0/s1. The SMILES string of the molecule is CC(C)COCCCNC(=O)[C@H]1CC(C)C[C@H]1C(=O)O. The van der Waals surface area contributed by atoms with Crippen LogP contribution in [-0.2, 0) is 14.3 Å². The van der Waals surface area contributed by atoms with Gasteiger partial charge >= 0.3 is 5.97 Å². The van der Waals surface area contributed by atoms with Gasteiger partial charge in [-0.15, -0.1) is 0 Å². The molecule has 0 aromatic heterocycles. The van der Waals surface area contributed by atoms with Crippen LogP contribution in [0.15, 0.2) is 0 Å². The zero-order chi connectivity index (χ0) is 15.1. The molecule has 0 saturated heterocycles. The maximum absolute atomic E-state index is 12.0. The fraction of sp³-hybridized carbons (Fsp3) is 0.867. The Morgan fingerprint density at radius 2 is 1.95 bits per heavy atom. The molecule has 1 amide bonds. The number of hydrogen-bond donors (Lipinski definition) is 2. The third-order valence-corrected chi connectivity index (χ3v) is 3.67. The third kappa shape index (κ3) is 5.49. The van der Waals surface area contributed by atoms with Gasteiger partial charge in [0.05, 0.1) is 11.8 Å². The summed E-state index contributed by atoms with van der Waals surface area (Å²) in [7, 11) is 0. The van der Waals surface area contributed by atoms with Crippen molar-refractivity contribution in [2.75, 3.05) is 19.8 Å². The molecule has 1 aliphatic rings. The van der Waals surface area contributed by atoms with Gasteiger partial charge in [0.25, 0.3) is 0 Å². The molecule has 3 atom stereocenters. The number of aliphatic carboxylic acids is 1. The number of carboxylic acid groups (broad SMARTS) is 1. The molecule has 0 heterocycles. The van der Waals surface area contributed by atoms with Gasteiger partial charge < -0.3 is 15.2 Å². The van der Waals surface area contributed by atoms with Gasteiger partial charge in [-0.25, -0.2) is 0 Å². The summed E-state index contributed by atoms with van der Waals surface area (Å²) in [6.45, 7) is 8.10. The molecule has 1 aliphatic carbocycles. The normalized spacial score (nSPS) is 25.9. The summed E-state index contributed by atoms with van der Waals surface area (Å²) in [5.41, 5.74) is 0. The van der Waals surface area contributed by atoms with E-state index in [1.807, 2.05) is 6.92 Å².